The molecule has 2 heterocycles. The minimum atomic E-state index is 1.14. The number of benzene rings is 2. The van der Waals surface area contributed by atoms with Crippen LogP contribution >= 0.6 is 0 Å². The van der Waals surface area contributed by atoms with Crippen LogP contribution < -0.4 is 4.57 Å². The van der Waals surface area contributed by atoms with Gasteiger partial charge in [-0.1, -0.05) is 30.3 Å². The third-order valence-corrected chi connectivity index (χ3v) is 4.51. The quantitative estimate of drug-likeness (QED) is 0.594. The summed E-state index contributed by atoms with van der Waals surface area (Å²) in [6, 6.07) is 15.4. The fourth-order valence-electron chi connectivity index (χ4n) is 3.55. The average molecular weight is 263 g/mol. The molecule has 0 spiro atoms. The molecule has 100 valence electrons. The predicted molar refractivity (Wildman–Crippen MR) is 81.3 cm³/mol. The second-order valence-electron chi connectivity index (χ2n) is 5.71. The number of hydrogen-bond acceptors (Lipinski definition) is 0. The Morgan fingerprint density at radius 1 is 1.00 bits per heavy atom. The summed E-state index contributed by atoms with van der Waals surface area (Å²) in [6.07, 6.45) is 2.45. The number of hydrogen-bond donors (Lipinski definition) is 0. The van der Waals surface area contributed by atoms with Crippen molar-refractivity contribution in [1.82, 2.24) is 4.57 Å². The third kappa shape index (κ3) is 1.48. The molecule has 2 heteroatoms. The van der Waals surface area contributed by atoms with E-state index < -0.39 is 0 Å². The summed E-state index contributed by atoms with van der Waals surface area (Å²) in [4.78, 5) is 0. The number of para-hydroxylation sites is 2. The van der Waals surface area contributed by atoms with Crippen molar-refractivity contribution in [3.8, 4) is 5.69 Å². The Morgan fingerprint density at radius 3 is 2.70 bits per heavy atom. The first-order chi connectivity index (χ1) is 9.77. The lowest BCUT2D eigenvalue weighted by molar-refractivity contribution is -0.681. The number of rotatable bonds is 1. The van der Waals surface area contributed by atoms with E-state index in [2.05, 4.69) is 65.4 Å². The Labute approximate surface area is 119 Å². The van der Waals surface area contributed by atoms with Gasteiger partial charge in [-0.05, 0) is 37.5 Å². The molecule has 4 rings (SSSR count). The van der Waals surface area contributed by atoms with E-state index in [0.29, 0.717) is 0 Å². The van der Waals surface area contributed by atoms with Crippen LogP contribution in [0.1, 0.15) is 23.4 Å². The fraction of sp³-hybridized carbons (Fsp3) is 0.278. The number of aryl methyl sites for hydroxylation is 3. The zero-order chi connectivity index (χ0) is 13.7. The van der Waals surface area contributed by atoms with Crippen molar-refractivity contribution in [3.63, 3.8) is 0 Å². The summed E-state index contributed by atoms with van der Waals surface area (Å²) in [7, 11) is 0. The van der Waals surface area contributed by atoms with E-state index in [0.717, 1.165) is 6.54 Å². The monoisotopic (exact) mass is 263 g/mol. The van der Waals surface area contributed by atoms with Crippen molar-refractivity contribution in [2.24, 2.45) is 0 Å². The molecule has 0 unspecified atom stereocenters. The van der Waals surface area contributed by atoms with Gasteiger partial charge in [0.1, 0.15) is 5.69 Å². The first-order valence-electron chi connectivity index (χ1n) is 7.36. The van der Waals surface area contributed by atoms with Crippen molar-refractivity contribution >= 4 is 11.0 Å². The van der Waals surface area contributed by atoms with Gasteiger partial charge in [-0.15, -0.1) is 0 Å². The molecule has 1 aliphatic heterocycles. The predicted octanol–water partition coefficient (Wildman–Crippen LogP) is 3.48. The minimum Gasteiger partial charge on any atom is -0.227 e. The zero-order valence-electron chi connectivity index (χ0n) is 12.1. The van der Waals surface area contributed by atoms with Gasteiger partial charge in [-0.2, -0.15) is 4.57 Å². The standard InChI is InChI=1S/C18H19N2/c1-13-7-3-4-10-16(13)20-14(2)19-12-6-9-15-8-5-11-17(20)18(15)19/h3-5,7-8,10-11H,6,9,12H2,1-2H3/q+1. The summed E-state index contributed by atoms with van der Waals surface area (Å²) in [5, 5.41) is 0. The summed E-state index contributed by atoms with van der Waals surface area (Å²) in [6.45, 7) is 5.56. The van der Waals surface area contributed by atoms with Gasteiger partial charge in [0.05, 0.1) is 6.54 Å². The van der Waals surface area contributed by atoms with Crippen molar-refractivity contribution in [1.29, 1.82) is 0 Å². The molecule has 3 aromatic rings. The van der Waals surface area contributed by atoms with E-state index in [-0.39, 0.29) is 0 Å². The van der Waals surface area contributed by atoms with Gasteiger partial charge in [-0.3, -0.25) is 0 Å². The highest BCUT2D eigenvalue weighted by Crippen LogP contribution is 2.27. The van der Waals surface area contributed by atoms with E-state index in [9.17, 15) is 0 Å². The summed E-state index contributed by atoms with van der Waals surface area (Å²) >= 11 is 0. The second kappa shape index (κ2) is 4.20. The lowest BCUT2D eigenvalue weighted by Crippen LogP contribution is -2.39. The fourth-order valence-corrected chi connectivity index (χ4v) is 3.55. The largest absolute Gasteiger partial charge is 0.259 e. The van der Waals surface area contributed by atoms with Gasteiger partial charge in [0.2, 0.25) is 0 Å². The van der Waals surface area contributed by atoms with Crippen LogP contribution in [-0.4, -0.2) is 4.57 Å². The first-order valence-corrected chi connectivity index (χ1v) is 7.36. The lowest BCUT2D eigenvalue weighted by Gasteiger charge is -2.09. The molecule has 0 bridgehead atoms. The van der Waals surface area contributed by atoms with E-state index in [1.54, 1.807) is 0 Å². The van der Waals surface area contributed by atoms with Crippen LogP contribution in [0.3, 0.4) is 0 Å². The highest BCUT2D eigenvalue weighted by molar-refractivity contribution is 5.79. The molecule has 0 N–H and O–H groups in total. The first kappa shape index (κ1) is 11.7. The smallest absolute Gasteiger partial charge is 0.227 e. The van der Waals surface area contributed by atoms with Crippen molar-refractivity contribution in [2.45, 2.75) is 33.2 Å². The second-order valence-corrected chi connectivity index (χ2v) is 5.71. The van der Waals surface area contributed by atoms with Crippen LogP contribution in [0.2, 0.25) is 0 Å². The summed E-state index contributed by atoms with van der Waals surface area (Å²) in [5.74, 6) is 1.33. The van der Waals surface area contributed by atoms with Crippen LogP contribution in [0, 0.1) is 13.8 Å². The Bertz CT molecular complexity index is 812. The maximum atomic E-state index is 2.49. The zero-order valence-corrected chi connectivity index (χ0v) is 12.1. The Balaban J connectivity index is 2.14. The maximum Gasteiger partial charge on any atom is 0.259 e. The van der Waals surface area contributed by atoms with Crippen molar-refractivity contribution < 1.29 is 4.57 Å². The van der Waals surface area contributed by atoms with E-state index in [4.69, 9.17) is 0 Å². The SMILES string of the molecule is Cc1ccccc1-n1c(C)[n+]2c3c(cccc31)CCC2. The lowest BCUT2D eigenvalue weighted by atomic mass is 10.0. The van der Waals surface area contributed by atoms with Gasteiger partial charge >= 0.3 is 0 Å². The van der Waals surface area contributed by atoms with E-state index in [1.165, 1.54) is 46.5 Å². The highest BCUT2D eigenvalue weighted by Gasteiger charge is 2.27. The molecule has 1 aromatic heterocycles. The van der Waals surface area contributed by atoms with E-state index >= 15 is 0 Å². The molecule has 0 fully saturated rings. The molecule has 0 atom stereocenters. The molecule has 0 amide bonds. The summed E-state index contributed by atoms with van der Waals surface area (Å²) < 4.78 is 4.90. The molecule has 2 aromatic carbocycles. The summed E-state index contributed by atoms with van der Waals surface area (Å²) in [5.41, 5.74) is 6.88. The van der Waals surface area contributed by atoms with Crippen molar-refractivity contribution in [3.05, 3.63) is 59.4 Å². The van der Waals surface area contributed by atoms with Gasteiger partial charge in [0.25, 0.3) is 5.82 Å². The highest BCUT2D eigenvalue weighted by atomic mass is 15.2. The normalized spacial score (nSPS) is 13.9. The Hall–Kier alpha value is -2.09. The molecule has 0 radical (unpaired) electrons. The number of imidazole rings is 1. The molecule has 2 nitrogen and oxygen atoms in total. The van der Waals surface area contributed by atoms with Crippen molar-refractivity contribution in [2.75, 3.05) is 0 Å². The van der Waals surface area contributed by atoms with Gasteiger partial charge < -0.3 is 0 Å². The van der Waals surface area contributed by atoms with Crippen LogP contribution in [0.4, 0.5) is 0 Å². The van der Waals surface area contributed by atoms with Gasteiger partial charge in [0, 0.05) is 12.5 Å². The molecular weight excluding hydrogens is 244 g/mol. The molecule has 0 aliphatic carbocycles. The van der Waals surface area contributed by atoms with Crippen LogP contribution in [-0.2, 0) is 13.0 Å². The van der Waals surface area contributed by atoms with E-state index in [1.807, 2.05) is 0 Å². The maximum absolute atomic E-state index is 2.49. The molecule has 0 saturated carbocycles. The molecular formula is C18H19N2+. The average Bonchev–Trinajstić information content (AvgIpc) is 2.76. The topological polar surface area (TPSA) is 8.81 Å². The number of aromatic nitrogens is 2. The van der Waals surface area contributed by atoms with Crippen LogP contribution in [0.15, 0.2) is 42.5 Å². The Kier molecular flexibility index (Phi) is 2.46. The number of nitrogens with zero attached hydrogens (tertiary/aromatic N) is 2. The molecule has 20 heavy (non-hydrogen) atoms. The van der Waals surface area contributed by atoms with Gasteiger partial charge in [0.15, 0.2) is 11.0 Å². The van der Waals surface area contributed by atoms with Crippen LogP contribution in [0.5, 0.6) is 0 Å². The van der Waals surface area contributed by atoms with Crippen LogP contribution in [0.25, 0.3) is 16.7 Å². The Morgan fingerprint density at radius 2 is 1.85 bits per heavy atom. The molecule has 1 aliphatic rings. The third-order valence-electron chi connectivity index (χ3n) is 4.51. The molecule has 0 saturated heterocycles. The minimum absolute atomic E-state index is 1.14. The van der Waals surface area contributed by atoms with Gasteiger partial charge in [-0.25, -0.2) is 4.57 Å².